The number of benzene rings is 2. The highest BCUT2D eigenvalue weighted by Gasteiger charge is 2.17. The smallest absolute Gasteiger partial charge is 0.354 e. The first-order valence-corrected chi connectivity index (χ1v) is 6.31. The Labute approximate surface area is 119 Å². The number of hydrogen-bond acceptors (Lipinski definition) is 3. The lowest BCUT2D eigenvalue weighted by molar-refractivity contribution is 0.559. The molecular formula is C16H8ClNO2. The van der Waals surface area contributed by atoms with Gasteiger partial charge in [0.15, 0.2) is 0 Å². The highest BCUT2D eigenvalue weighted by Crippen LogP contribution is 2.34. The van der Waals surface area contributed by atoms with Gasteiger partial charge in [-0.25, -0.2) is 4.79 Å². The molecule has 3 nitrogen and oxygen atoms in total. The van der Waals surface area contributed by atoms with Crippen LogP contribution in [0, 0.1) is 11.3 Å². The molecule has 96 valence electrons. The van der Waals surface area contributed by atoms with Gasteiger partial charge in [-0.2, -0.15) is 5.26 Å². The van der Waals surface area contributed by atoms with Crippen molar-refractivity contribution in [2.24, 2.45) is 0 Å². The summed E-state index contributed by atoms with van der Waals surface area (Å²) < 4.78 is 5.16. The molecule has 1 heterocycles. The van der Waals surface area contributed by atoms with Crippen LogP contribution in [0.5, 0.6) is 0 Å². The highest BCUT2D eigenvalue weighted by atomic mass is 35.5. The summed E-state index contributed by atoms with van der Waals surface area (Å²) in [4.78, 5) is 11.9. The lowest BCUT2D eigenvalue weighted by Crippen LogP contribution is -2.06. The third-order valence-corrected chi connectivity index (χ3v) is 3.40. The Morgan fingerprint density at radius 2 is 1.75 bits per heavy atom. The minimum atomic E-state index is -0.652. The maximum absolute atomic E-state index is 11.9. The van der Waals surface area contributed by atoms with Crippen molar-refractivity contribution in [1.82, 2.24) is 0 Å². The van der Waals surface area contributed by atoms with E-state index in [1.165, 1.54) is 0 Å². The monoisotopic (exact) mass is 281 g/mol. The third-order valence-electron chi connectivity index (χ3n) is 3.07. The van der Waals surface area contributed by atoms with Gasteiger partial charge in [-0.05, 0) is 12.1 Å². The summed E-state index contributed by atoms with van der Waals surface area (Å²) in [7, 11) is 0. The van der Waals surface area contributed by atoms with Gasteiger partial charge in [0.25, 0.3) is 0 Å². The van der Waals surface area contributed by atoms with E-state index >= 15 is 0 Å². The van der Waals surface area contributed by atoms with E-state index < -0.39 is 5.63 Å². The van der Waals surface area contributed by atoms with E-state index in [2.05, 4.69) is 0 Å². The summed E-state index contributed by atoms with van der Waals surface area (Å²) in [6, 6.07) is 16.1. The zero-order valence-corrected chi connectivity index (χ0v) is 11.0. The van der Waals surface area contributed by atoms with Crippen LogP contribution in [0.1, 0.15) is 5.56 Å². The quantitative estimate of drug-likeness (QED) is 0.634. The molecule has 4 heteroatoms. The first-order valence-electron chi connectivity index (χ1n) is 5.93. The van der Waals surface area contributed by atoms with Crippen molar-refractivity contribution in [3.63, 3.8) is 0 Å². The Bertz CT molecular complexity index is 906. The Kier molecular flexibility index (Phi) is 3.02. The van der Waals surface area contributed by atoms with Crippen LogP contribution in [0.25, 0.3) is 22.1 Å². The van der Waals surface area contributed by atoms with Crippen LogP contribution in [-0.4, -0.2) is 0 Å². The first-order chi connectivity index (χ1) is 9.72. The average Bonchev–Trinajstić information content (AvgIpc) is 2.46. The summed E-state index contributed by atoms with van der Waals surface area (Å²) in [5.74, 6) is 0. The van der Waals surface area contributed by atoms with Crippen molar-refractivity contribution < 1.29 is 4.42 Å². The lowest BCUT2D eigenvalue weighted by atomic mass is 9.97. The molecule has 2 aromatic carbocycles. The molecule has 0 bridgehead atoms. The Morgan fingerprint density at radius 1 is 1.05 bits per heavy atom. The van der Waals surface area contributed by atoms with Crippen LogP contribution in [-0.2, 0) is 0 Å². The van der Waals surface area contributed by atoms with Crippen LogP contribution >= 0.6 is 11.6 Å². The van der Waals surface area contributed by atoms with E-state index in [0.29, 0.717) is 27.1 Å². The van der Waals surface area contributed by atoms with Gasteiger partial charge < -0.3 is 4.42 Å². The fourth-order valence-electron chi connectivity index (χ4n) is 2.20. The van der Waals surface area contributed by atoms with Crippen LogP contribution in [0.3, 0.4) is 0 Å². The third kappa shape index (κ3) is 1.87. The summed E-state index contributed by atoms with van der Waals surface area (Å²) in [6.45, 7) is 0. The van der Waals surface area contributed by atoms with Gasteiger partial charge in [-0.3, -0.25) is 0 Å². The summed E-state index contributed by atoms with van der Waals surface area (Å²) in [5, 5.41) is 10.4. The standard InChI is InChI=1S/C16H8ClNO2/c17-13-7-3-1-5-10(13)15-11-6-2-4-8-14(11)20-16(19)12(15)9-18/h1-8H. The van der Waals surface area contributed by atoms with Crippen LogP contribution in [0.15, 0.2) is 57.7 Å². The normalized spacial score (nSPS) is 10.4. The van der Waals surface area contributed by atoms with Crippen molar-refractivity contribution in [2.45, 2.75) is 0 Å². The van der Waals surface area contributed by atoms with Gasteiger partial charge in [0, 0.05) is 21.5 Å². The van der Waals surface area contributed by atoms with E-state index in [4.69, 9.17) is 16.0 Å². The molecule has 0 radical (unpaired) electrons. The van der Waals surface area contributed by atoms with Crippen molar-refractivity contribution in [1.29, 1.82) is 5.26 Å². The Balaban J connectivity index is 2.54. The van der Waals surface area contributed by atoms with Gasteiger partial charge in [-0.1, -0.05) is 48.0 Å². The molecule has 0 unspecified atom stereocenters. The number of fused-ring (bicyclic) bond motifs is 1. The number of halogens is 1. The van der Waals surface area contributed by atoms with Crippen molar-refractivity contribution in [3.8, 4) is 17.2 Å². The van der Waals surface area contributed by atoms with Gasteiger partial charge >= 0.3 is 5.63 Å². The second kappa shape index (κ2) is 4.84. The first kappa shape index (κ1) is 12.5. The van der Waals surface area contributed by atoms with Gasteiger partial charge in [-0.15, -0.1) is 0 Å². The second-order valence-corrected chi connectivity index (χ2v) is 4.63. The van der Waals surface area contributed by atoms with Gasteiger partial charge in [0.2, 0.25) is 0 Å². The van der Waals surface area contributed by atoms with Crippen LogP contribution in [0.2, 0.25) is 5.02 Å². The lowest BCUT2D eigenvalue weighted by Gasteiger charge is -2.09. The molecule has 20 heavy (non-hydrogen) atoms. The van der Waals surface area contributed by atoms with Gasteiger partial charge in [0.05, 0.1) is 0 Å². The van der Waals surface area contributed by atoms with E-state index in [-0.39, 0.29) is 5.56 Å². The number of nitriles is 1. The largest absolute Gasteiger partial charge is 0.422 e. The fraction of sp³-hybridized carbons (Fsp3) is 0. The predicted octanol–water partition coefficient (Wildman–Crippen LogP) is 3.99. The SMILES string of the molecule is N#Cc1c(-c2ccccc2Cl)c2ccccc2oc1=O. The van der Waals surface area contributed by atoms with E-state index in [1.807, 2.05) is 18.2 Å². The topological polar surface area (TPSA) is 54.0 Å². The molecule has 0 saturated heterocycles. The van der Waals surface area contributed by atoms with E-state index in [1.54, 1.807) is 36.4 Å². The van der Waals surface area contributed by atoms with E-state index in [0.717, 1.165) is 0 Å². The molecule has 0 aliphatic rings. The zero-order valence-electron chi connectivity index (χ0n) is 10.3. The maximum atomic E-state index is 11.9. The highest BCUT2D eigenvalue weighted by molar-refractivity contribution is 6.33. The predicted molar refractivity (Wildman–Crippen MR) is 77.6 cm³/mol. The number of hydrogen-bond donors (Lipinski definition) is 0. The van der Waals surface area contributed by atoms with Crippen molar-refractivity contribution in [2.75, 3.05) is 0 Å². The molecule has 0 spiro atoms. The summed E-state index contributed by atoms with van der Waals surface area (Å²) in [5.41, 5.74) is 0.920. The minimum absolute atomic E-state index is 0.0307. The Hall–Kier alpha value is -2.57. The molecule has 0 amide bonds. The fourth-order valence-corrected chi connectivity index (χ4v) is 2.43. The molecule has 0 aliphatic carbocycles. The van der Waals surface area contributed by atoms with Crippen molar-refractivity contribution >= 4 is 22.6 Å². The number of rotatable bonds is 1. The minimum Gasteiger partial charge on any atom is -0.422 e. The molecule has 0 atom stereocenters. The number of para-hydroxylation sites is 1. The molecule has 0 aliphatic heterocycles. The second-order valence-electron chi connectivity index (χ2n) is 4.23. The molecule has 0 saturated carbocycles. The molecular weight excluding hydrogens is 274 g/mol. The molecule has 3 rings (SSSR count). The maximum Gasteiger partial charge on any atom is 0.354 e. The Morgan fingerprint density at radius 3 is 2.50 bits per heavy atom. The molecule has 0 N–H and O–H groups in total. The molecule has 1 aromatic heterocycles. The summed E-state index contributed by atoms with van der Waals surface area (Å²) >= 11 is 6.20. The molecule has 0 fully saturated rings. The average molecular weight is 282 g/mol. The van der Waals surface area contributed by atoms with Crippen LogP contribution in [0.4, 0.5) is 0 Å². The summed E-state index contributed by atoms with van der Waals surface area (Å²) in [6.07, 6.45) is 0. The number of nitrogens with zero attached hydrogens (tertiary/aromatic N) is 1. The van der Waals surface area contributed by atoms with Crippen LogP contribution < -0.4 is 5.63 Å². The zero-order chi connectivity index (χ0) is 14.1. The van der Waals surface area contributed by atoms with Gasteiger partial charge in [0.1, 0.15) is 17.2 Å². The van der Waals surface area contributed by atoms with E-state index in [9.17, 15) is 10.1 Å². The molecule has 3 aromatic rings. The van der Waals surface area contributed by atoms with Crippen molar-refractivity contribution in [3.05, 3.63) is 69.5 Å².